The average Bonchev–Trinajstić information content (AvgIpc) is 2.06. The van der Waals surface area contributed by atoms with Crippen LogP contribution in [0.5, 0.6) is 0 Å². The molecule has 0 heterocycles. The number of nitrogens with two attached hydrogens (primary N) is 1. The molecule has 34 valence electrons. The molecule has 0 aliphatic heterocycles. The van der Waals surface area contributed by atoms with Gasteiger partial charge in [0.05, 0.1) is 0 Å². The third kappa shape index (κ3) is 0.601. The molecule has 0 fully saturated rings. The molecule has 1 nitrogen and oxygen atoms in total. The van der Waals surface area contributed by atoms with Gasteiger partial charge in [0.2, 0.25) is 0 Å². The lowest BCUT2D eigenvalue weighted by Crippen LogP contribution is -2.17. The van der Waals surface area contributed by atoms with Crippen molar-refractivity contribution in [2.45, 2.75) is 13.0 Å². The lowest BCUT2D eigenvalue weighted by atomic mass is 10.2. The van der Waals surface area contributed by atoms with E-state index in [2.05, 4.69) is 12.2 Å². The summed E-state index contributed by atoms with van der Waals surface area (Å²) >= 11 is 0. The van der Waals surface area contributed by atoms with Crippen LogP contribution in [0, 0.1) is 5.92 Å². The highest BCUT2D eigenvalue weighted by Crippen LogP contribution is 2.17. The van der Waals surface area contributed by atoms with Crippen molar-refractivity contribution in [1.29, 1.82) is 0 Å². The zero-order chi connectivity index (χ0) is 4.57. The Morgan fingerprint density at radius 2 is 2.17 bits per heavy atom. The highest BCUT2D eigenvalue weighted by Gasteiger charge is 2.14. The van der Waals surface area contributed by atoms with Gasteiger partial charge in [0.15, 0.2) is 0 Å². The van der Waals surface area contributed by atoms with Crippen LogP contribution in [0.1, 0.15) is 6.92 Å². The Balaban J connectivity index is 2.16. The zero-order valence-corrected chi connectivity index (χ0v) is 3.89. The standard InChI is InChI=1S/C5H9N/c1-4(6)5-2-3-5/h2-5H,6H2,1H3. The smallest absolute Gasteiger partial charge is 0.0108 e. The minimum Gasteiger partial charge on any atom is -0.327 e. The van der Waals surface area contributed by atoms with Crippen LogP contribution < -0.4 is 5.73 Å². The third-order valence-corrected chi connectivity index (χ3v) is 1.02. The van der Waals surface area contributed by atoms with Crippen molar-refractivity contribution in [1.82, 2.24) is 0 Å². The van der Waals surface area contributed by atoms with Crippen molar-refractivity contribution in [3.63, 3.8) is 0 Å². The second-order valence-electron chi connectivity index (χ2n) is 1.82. The van der Waals surface area contributed by atoms with Crippen molar-refractivity contribution in [2.75, 3.05) is 0 Å². The molecule has 1 atom stereocenters. The van der Waals surface area contributed by atoms with E-state index < -0.39 is 0 Å². The number of hydrogen-bond donors (Lipinski definition) is 1. The van der Waals surface area contributed by atoms with E-state index in [-0.39, 0.29) is 0 Å². The summed E-state index contributed by atoms with van der Waals surface area (Å²) in [5.41, 5.74) is 5.44. The van der Waals surface area contributed by atoms with Crippen molar-refractivity contribution in [2.24, 2.45) is 11.7 Å². The lowest BCUT2D eigenvalue weighted by molar-refractivity contribution is 0.692. The fraction of sp³-hybridized carbons (Fsp3) is 0.600. The van der Waals surface area contributed by atoms with Crippen molar-refractivity contribution in [3.05, 3.63) is 12.2 Å². The largest absolute Gasteiger partial charge is 0.327 e. The predicted molar refractivity (Wildman–Crippen MR) is 26.3 cm³/mol. The molecule has 1 aliphatic rings. The first kappa shape index (κ1) is 3.88. The van der Waals surface area contributed by atoms with Gasteiger partial charge >= 0.3 is 0 Å². The Morgan fingerprint density at radius 1 is 1.67 bits per heavy atom. The normalized spacial score (nSPS) is 24.3. The summed E-state index contributed by atoms with van der Waals surface area (Å²) in [5, 5.41) is 0. The summed E-state index contributed by atoms with van der Waals surface area (Å²) in [6.45, 7) is 2.02. The van der Waals surface area contributed by atoms with Crippen LogP contribution in [0.4, 0.5) is 0 Å². The molecule has 1 unspecified atom stereocenters. The fourth-order valence-electron chi connectivity index (χ4n) is 0.415. The summed E-state index contributed by atoms with van der Waals surface area (Å²) in [6, 6.07) is 0.352. The van der Waals surface area contributed by atoms with Crippen LogP contribution in [0.15, 0.2) is 12.2 Å². The summed E-state index contributed by atoms with van der Waals surface area (Å²) in [7, 11) is 0. The van der Waals surface area contributed by atoms with Gasteiger partial charge in [0.1, 0.15) is 0 Å². The van der Waals surface area contributed by atoms with Gasteiger partial charge in [0, 0.05) is 12.0 Å². The third-order valence-electron chi connectivity index (χ3n) is 1.02. The second-order valence-corrected chi connectivity index (χ2v) is 1.82. The van der Waals surface area contributed by atoms with Gasteiger partial charge in [-0.3, -0.25) is 0 Å². The summed E-state index contributed by atoms with van der Waals surface area (Å²) < 4.78 is 0. The highest BCUT2D eigenvalue weighted by molar-refractivity contribution is 5.16. The van der Waals surface area contributed by atoms with Gasteiger partial charge in [-0.05, 0) is 6.92 Å². The van der Waals surface area contributed by atoms with Gasteiger partial charge < -0.3 is 5.73 Å². The minimum absolute atomic E-state index is 0.352. The van der Waals surface area contributed by atoms with Crippen LogP contribution in [0.3, 0.4) is 0 Å². The molecular weight excluding hydrogens is 74.1 g/mol. The Bertz CT molecular complexity index is 68.0. The van der Waals surface area contributed by atoms with E-state index in [0.717, 1.165) is 0 Å². The first-order chi connectivity index (χ1) is 2.80. The lowest BCUT2D eigenvalue weighted by Gasteiger charge is -1.96. The van der Waals surface area contributed by atoms with E-state index in [1.54, 1.807) is 0 Å². The zero-order valence-electron chi connectivity index (χ0n) is 3.89. The van der Waals surface area contributed by atoms with Crippen LogP contribution in [0.25, 0.3) is 0 Å². The quantitative estimate of drug-likeness (QED) is 0.459. The Labute approximate surface area is 37.8 Å². The van der Waals surface area contributed by atoms with Crippen LogP contribution in [0.2, 0.25) is 0 Å². The molecule has 0 saturated carbocycles. The van der Waals surface area contributed by atoms with Gasteiger partial charge in [0.25, 0.3) is 0 Å². The van der Waals surface area contributed by atoms with E-state index in [9.17, 15) is 0 Å². The summed E-state index contributed by atoms with van der Waals surface area (Å²) in [4.78, 5) is 0. The molecule has 0 aromatic carbocycles. The van der Waals surface area contributed by atoms with Crippen molar-refractivity contribution in [3.8, 4) is 0 Å². The Morgan fingerprint density at radius 3 is 2.17 bits per heavy atom. The van der Waals surface area contributed by atoms with Gasteiger partial charge in [-0.1, -0.05) is 12.2 Å². The molecule has 1 heteroatoms. The Hall–Kier alpha value is -0.300. The molecule has 6 heavy (non-hydrogen) atoms. The van der Waals surface area contributed by atoms with Crippen LogP contribution >= 0.6 is 0 Å². The minimum atomic E-state index is 0.352. The van der Waals surface area contributed by atoms with E-state index in [1.165, 1.54) is 0 Å². The monoisotopic (exact) mass is 83.1 g/mol. The molecule has 0 aromatic rings. The molecule has 1 aliphatic carbocycles. The highest BCUT2D eigenvalue weighted by atomic mass is 14.6. The SMILES string of the molecule is CC(N)C1C=C1. The number of hydrogen-bond acceptors (Lipinski definition) is 1. The first-order valence-electron chi connectivity index (χ1n) is 2.24. The van der Waals surface area contributed by atoms with Crippen LogP contribution in [-0.4, -0.2) is 6.04 Å². The maximum Gasteiger partial charge on any atom is 0.0108 e. The summed E-state index contributed by atoms with van der Waals surface area (Å²) in [6.07, 6.45) is 4.23. The number of rotatable bonds is 1. The maximum absolute atomic E-state index is 5.44. The van der Waals surface area contributed by atoms with E-state index in [0.29, 0.717) is 12.0 Å². The van der Waals surface area contributed by atoms with Gasteiger partial charge in [-0.15, -0.1) is 0 Å². The maximum atomic E-state index is 5.44. The topological polar surface area (TPSA) is 26.0 Å². The molecule has 0 aromatic heterocycles. The molecular formula is C5H9N. The molecule has 0 amide bonds. The molecule has 0 bridgehead atoms. The molecule has 2 N–H and O–H groups in total. The van der Waals surface area contributed by atoms with Crippen molar-refractivity contribution < 1.29 is 0 Å². The molecule has 1 rings (SSSR count). The van der Waals surface area contributed by atoms with Gasteiger partial charge in [-0.2, -0.15) is 0 Å². The predicted octanol–water partition coefficient (Wildman–Crippen LogP) is 0.520. The van der Waals surface area contributed by atoms with E-state index in [4.69, 9.17) is 5.73 Å². The first-order valence-corrected chi connectivity index (χ1v) is 2.24. The van der Waals surface area contributed by atoms with Crippen LogP contribution in [-0.2, 0) is 0 Å². The molecule has 0 spiro atoms. The second kappa shape index (κ2) is 1.09. The van der Waals surface area contributed by atoms with Crippen molar-refractivity contribution >= 4 is 0 Å². The van der Waals surface area contributed by atoms with E-state index in [1.807, 2.05) is 6.92 Å². The molecule has 0 saturated heterocycles. The molecule has 0 radical (unpaired) electrons. The average molecular weight is 83.1 g/mol. The van der Waals surface area contributed by atoms with E-state index >= 15 is 0 Å². The van der Waals surface area contributed by atoms with Gasteiger partial charge in [-0.25, -0.2) is 0 Å². The fourth-order valence-corrected chi connectivity index (χ4v) is 0.415. The Kier molecular flexibility index (Phi) is 0.701. The summed E-state index contributed by atoms with van der Waals surface area (Å²) in [5.74, 6) is 0.630.